The van der Waals surface area contributed by atoms with E-state index in [2.05, 4.69) is 38.4 Å². The Morgan fingerprint density at radius 1 is 1.03 bits per heavy atom. The Morgan fingerprint density at radius 2 is 1.81 bits per heavy atom. The van der Waals surface area contributed by atoms with Crippen LogP contribution in [-0.4, -0.2) is 49.0 Å². The van der Waals surface area contributed by atoms with E-state index in [4.69, 9.17) is 0 Å². The van der Waals surface area contributed by atoms with Crippen molar-refractivity contribution in [3.8, 4) is 5.69 Å². The number of benzene rings is 2. The van der Waals surface area contributed by atoms with Crippen LogP contribution in [-0.2, 0) is 6.54 Å². The van der Waals surface area contributed by atoms with Gasteiger partial charge in [0.05, 0.1) is 38.9 Å². The molecule has 7 nitrogen and oxygen atoms in total. The highest BCUT2D eigenvalue weighted by molar-refractivity contribution is 7.18. The van der Waals surface area contributed by atoms with E-state index in [0.29, 0.717) is 24.3 Å². The molecule has 8 heteroatoms. The summed E-state index contributed by atoms with van der Waals surface area (Å²) in [5.41, 5.74) is 5.74. The number of hydrogen-bond donors (Lipinski definition) is 0. The zero-order valence-corrected chi connectivity index (χ0v) is 18.7. The van der Waals surface area contributed by atoms with Gasteiger partial charge in [-0.05, 0) is 68.1 Å². The van der Waals surface area contributed by atoms with Crippen LogP contribution in [0.25, 0.3) is 15.9 Å². The van der Waals surface area contributed by atoms with Crippen molar-refractivity contribution in [1.82, 2.24) is 30.0 Å². The molecule has 4 aromatic rings. The minimum atomic E-state index is -0.0115. The van der Waals surface area contributed by atoms with Crippen LogP contribution in [0.3, 0.4) is 0 Å². The number of nitrogens with zero attached hydrogens (tertiary/aromatic N) is 6. The van der Waals surface area contributed by atoms with Gasteiger partial charge in [0.1, 0.15) is 0 Å². The van der Waals surface area contributed by atoms with Gasteiger partial charge in [0, 0.05) is 19.6 Å². The predicted molar refractivity (Wildman–Crippen MR) is 121 cm³/mol. The SMILES string of the molecule is Cc1nc2ccc(CN3CCCN3C(=O)c3cc(C)c(C)cc3-n3nccn3)cc2s1. The first-order valence-electron chi connectivity index (χ1n) is 10.4. The summed E-state index contributed by atoms with van der Waals surface area (Å²) in [5, 5.41) is 13.6. The summed E-state index contributed by atoms with van der Waals surface area (Å²) in [6, 6.07) is 10.3. The van der Waals surface area contributed by atoms with Crippen LogP contribution < -0.4 is 0 Å². The van der Waals surface area contributed by atoms with Crippen molar-refractivity contribution in [2.45, 2.75) is 33.7 Å². The summed E-state index contributed by atoms with van der Waals surface area (Å²) in [6.07, 6.45) is 4.21. The Labute approximate surface area is 184 Å². The number of rotatable bonds is 4. The number of thiazole rings is 1. The third-order valence-corrected chi connectivity index (χ3v) is 6.70. The second-order valence-electron chi connectivity index (χ2n) is 7.98. The number of aryl methyl sites for hydroxylation is 3. The van der Waals surface area contributed by atoms with E-state index in [1.54, 1.807) is 23.7 Å². The minimum absolute atomic E-state index is 0.0115. The van der Waals surface area contributed by atoms with Crippen LogP contribution in [0.4, 0.5) is 0 Å². The minimum Gasteiger partial charge on any atom is -0.271 e. The second kappa shape index (κ2) is 7.86. The molecule has 5 rings (SSSR count). The molecule has 1 saturated heterocycles. The van der Waals surface area contributed by atoms with E-state index < -0.39 is 0 Å². The van der Waals surface area contributed by atoms with E-state index >= 15 is 0 Å². The van der Waals surface area contributed by atoms with Crippen molar-refractivity contribution in [2.24, 2.45) is 0 Å². The molecule has 0 saturated carbocycles. The molecule has 158 valence electrons. The van der Waals surface area contributed by atoms with Gasteiger partial charge in [0.15, 0.2) is 0 Å². The number of carbonyl (C=O) groups is 1. The average Bonchev–Trinajstić information content (AvgIpc) is 3.49. The molecule has 3 heterocycles. The maximum Gasteiger partial charge on any atom is 0.270 e. The number of fused-ring (bicyclic) bond motifs is 1. The van der Waals surface area contributed by atoms with Crippen molar-refractivity contribution in [3.63, 3.8) is 0 Å². The van der Waals surface area contributed by atoms with E-state index in [1.165, 1.54) is 15.1 Å². The largest absolute Gasteiger partial charge is 0.271 e. The van der Waals surface area contributed by atoms with Gasteiger partial charge in [0.25, 0.3) is 5.91 Å². The third-order valence-electron chi connectivity index (χ3n) is 5.76. The first kappa shape index (κ1) is 19.8. The summed E-state index contributed by atoms with van der Waals surface area (Å²) >= 11 is 1.70. The van der Waals surface area contributed by atoms with Crippen LogP contribution in [0.2, 0.25) is 0 Å². The molecule has 0 atom stereocenters. The first-order valence-corrected chi connectivity index (χ1v) is 11.2. The van der Waals surface area contributed by atoms with Crippen LogP contribution in [0, 0.1) is 20.8 Å². The Kier molecular flexibility index (Phi) is 5.03. The van der Waals surface area contributed by atoms with E-state index in [9.17, 15) is 4.79 Å². The Morgan fingerprint density at radius 3 is 2.61 bits per heavy atom. The normalized spacial score (nSPS) is 14.6. The molecule has 31 heavy (non-hydrogen) atoms. The fraction of sp³-hybridized carbons (Fsp3) is 0.304. The number of hydrazine groups is 1. The monoisotopic (exact) mass is 432 g/mol. The van der Waals surface area contributed by atoms with Gasteiger partial charge in [-0.25, -0.2) is 9.99 Å². The van der Waals surface area contributed by atoms with Crippen molar-refractivity contribution in [2.75, 3.05) is 13.1 Å². The molecule has 1 aliphatic rings. The molecule has 0 bridgehead atoms. The maximum atomic E-state index is 13.7. The Hall–Kier alpha value is -3.10. The second-order valence-corrected chi connectivity index (χ2v) is 9.21. The fourth-order valence-electron chi connectivity index (χ4n) is 4.07. The van der Waals surface area contributed by atoms with E-state index in [0.717, 1.165) is 34.6 Å². The highest BCUT2D eigenvalue weighted by atomic mass is 32.1. The lowest BCUT2D eigenvalue weighted by Gasteiger charge is -2.29. The highest BCUT2D eigenvalue weighted by Crippen LogP contribution is 2.26. The molecule has 2 aromatic carbocycles. The van der Waals surface area contributed by atoms with Gasteiger partial charge in [-0.1, -0.05) is 6.07 Å². The van der Waals surface area contributed by atoms with Gasteiger partial charge in [-0.15, -0.1) is 11.3 Å². The lowest BCUT2D eigenvalue weighted by Crippen LogP contribution is -2.41. The first-order chi connectivity index (χ1) is 15.0. The molecule has 1 amide bonds. The van der Waals surface area contributed by atoms with Crippen LogP contribution in [0.15, 0.2) is 42.7 Å². The molecule has 0 radical (unpaired) electrons. The van der Waals surface area contributed by atoms with Gasteiger partial charge < -0.3 is 0 Å². The summed E-state index contributed by atoms with van der Waals surface area (Å²) < 4.78 is 1.19. The number of aromatic nitrogens is 4. The van der Waals surface area contributed by atoms with Gasteiger partial charge in [0.2, 0.25) is 0 Å². The molecular formula is C23H24N6OS. The van der Waals surface area contributed by atoms with Gasteiger partial charge in [-0.2, -0.15) is 15.0 Å². The molecule has 0 N–H and O–H groups in total. The molecular weight excluding hydrogens is 408 g/mol. The highest BCUT2D eigenvalue weighted by Gasteiger charge is 2.30. The quantitative estimate of drug-likeness (QED) is 0.486. The Balaban J connectivity index is 1.45. The van der Waals surface area contributed by atoms with Crippen molar-refractivity contribution in [1.29, 1.82) is 0 Å². The lowest BCUT2D eigenvalue weighted by atomic mass is 10.0. The van der Waals surface area contributed by atoms with Gasteiger partial charge >= 0.3 is 0 Å². The Bertz CT molecular complexity index is 1260. The van der Waals surface area contributed by atoms with Crippen LogP contribution >= 0.6 is 11.3 Å². The van der Waals surface area contributed by atoms with Crippen molar-refractivity contribution >= 4 is 27.5 Å². The summed E-state index contributed by atoms with van der Waals surface area (Å²) in [7, 11) is 0. The van der Waals surface area contributed by atoms with E-state index in [-0.39, 0.29) is 5.91 Å². The van der Waals surface area contributed by atoms with Crippen molar-refractivity contribution < 1.29 is 4.79 Å². The van der Waals surface area contributed by atoms with Gasteiger partial charge in [-0.3, -0.25) is 9.80 Å². The smallest absolute Gasteiger partial charge is 0.270 e. The summed E-state index contributed by atoms with van der Waals surface area (Å²) in [5.74, 6) is -0.0115. The number of amides is 1. The predicted octanol–water partition coefficient (Wildman–Crippen LogP) is 4.07. The third kappa shape index (κ3) is 3.73. The molecule has 0 aliphatic carbocycles. The zero-order valence-electron chi connectivity index (χ0n) is 17.9. The molecule has 1 fully saturated rings. The maximum absolute atomic E-state index is 13.7. The van der Waals surface area contributed by atoms with Crippen LogP contribution in [0.1, 0.15) is 38.5 Å². The van der Waals surface area contributed by atoms with Crippen LogP contribution in [0.5, 0.6) is 0 Å². The molecule has 2 aromatic heterocycles. The molecule has 0 unspecified atom stereocenters. The topological polar surface area (TPSA) is 67.2 Å². The van der Waals surface area contributed by atoms with Crippen molar-refractivity contribution in [3.05, 3.63) is 70.0 Å². The molecule has 1 aliphatic heterocycles. The summed E-state index contributed by atoms with van der Waals surface area (Å²) in [6.45, 7) is 8.35. The average molecular weight is 433 g/mol. The lowest BCUT2D eigenvalue weighted by molar-refractivity contribution is 0.0170. The zero-order chi connectivity index (χ0) is 21.5. The number of hydrogen-bond acceptors (Lipinski definition) is 6. The number of carbonyl (C=O) groups excluding carboxylic acids is 1. The fourth-order valence-corrected chi connectivity index (χ4v) is 4.96. The molecule has 0 spiro atoms. The standard InChI is InChI=1S/C23H24N6OS/c1-15-11-19(21(12-16(15)2)29-24-7-8-25-29)23(30)28-10-4-9-27(28)14-18-5-6-20-22(13-18)31-17(3)26-20/h5-8,11-13H,4,9-10,14H2,1-3H3. The van der Waals surface area contributed by atoms with E-state index in [1.807, 2.05) is 37.9 Å². The summed E-state index contributed by atoms with van der Waals surface area (Å²) in [4.78, 5) is 19.7.